The van der Waals surface area contributed by atoms with Gasteiger partial charge in [0.05, 0.1) is 25.8 Å². The van der Waals surface area contributed by atoms with E-state index in [1.165, 1.54) is 7.11 Å². The van der Waals surface area contributed by atoms with Crippen molar-refractivity contribution in [2.24, 2.45) is 0 Å². The first kappa shape index (κ1) is 21.9. The van der Waals surface area contributed by atoms with E-state index in [1.54, 1.807) is 48.5 Å². The fourth-order valence-corrected chi connectivity index (χ4v) is 2.98. The number of methoxy groups -OCH3 is 1. The largest absolute Gasteiger partial charge is 0.495 e. The van der Waals surface area contributed by atoms with E-state index >= 15 is 0 Å². The number of benzene rings is 3. The second kappa shape index (κ2) is 10.8. The van der Waals surface area contributed by atoms with Crippen LogP contribution in [0.25, 0.3) is 0 Å². The van der Waals surface area contributed by atoms with Crippen LogP contribution < -0.4 is 14.8 Å². The van der Waals surface area contributed by atoms with Gasteiger partial charge in [-0.1, -0.05) is 54.6 Å². The summed E-state index contributed by atoms with van der Waals surface area (Å²) in [6.45, 7) is 2.06. The van der Waals surface area contributed by atoms with Crippen LogP contribution in [0, 0.1) is 6.92 Å². The van der Waals surface area contributed by atoms with Crippen molar-refractivity contribution < 1.29 is 23.8 Å². The van der Waals surface area contributed by atoms with Crippen molar-refractivity contribution >= 4 is 17.6 Å². The minimum absolute atomic E-state index is 0.0132. The first-order chi connectivity index (χ1) is 15.1. The zero-order valence-corrected chi connectivity index (χ0v) is 17.5. The Morgan fingerprint density at radius 1 is 0.935 bits per heavy atom. The van der Waals surface area contributed by atoms with Crippen LogP contribution in [0.15, 0.2) is 78.9 Å². The molecule has 1 N–H and O–H groups in total. The number of anilines is 1. The summed E-state index contributed by atoms with van der Waals surface area (Å²) in [6, 6.07) is 23.5. The van der Waals surface area contributed by atoms with Gasteiger partial charge >= 0.3 is 5.97 Å². The molecule has 0 spiro atoms. The number of hydrogen-bond acceptors (Lipinski definition) is 5. The minimum atomic E-state index is -1.10. The van der Waals surface area contributed by atoms with Gasteiger partial charge in [-0.15, -0.1) is 0 Å². The lowest BCUT2D eigenvalue weighted by Gasteiger charge is -2.19. The van der Waals surface area contributed by atoms with Gasteiger partial charge in [0.1, 0.15) is 11.5 Å². The number of hydrogen-bond donors (Lipinski definition) is 1. The van der Waals surface area contributed by atoms with E-state index in [0.717, 1.165) is 5.56 Å². The summed E-state index contributed by atoms with van der Waals surface area (Å²) < 4.78 is 16.4. The summed E-state index contributed by atoms with van der Waals surface area (Å²) in [4.78, 5) is 25.5. The Kier molecular flexibility index (Phi) is 7.65. The molecule has 1 unspecified atom stereocenters. The monoisotopic (exact) mass is 419 g/mol. The average molecular weight is 419 g/mol. The van der Waals surface area contributed by atoms with Crippen LogP contribution in [0.3, 0.4) is 0 Å². The molecule has 0 saturated carbocycles. The number of para-hydroxylation sites is 1. The number of rotatable bonds is 9. The van der Waals surface area contributed by atoms with Gasteiger partial charge in [0.2, 0.25) is 6.10 Å². The highest BCUT2D eigenvalue weighted by Gasteiger charge is 2.26. The molecule has 3 aromatic rings. The molecule has 6 heteroatoms. The fraction of sp³-hybridized carbons (Fsp3) is 0.200. The number of carbonyl (C=O) groups is 2. The molecule has 0 aliphatic heterocycles. The molecular weight excluding hydrogens is 394 g/mol. The van der Waals surface area contributed by atoms with Crippen LogP contribution >= 0.6 is 0 Å². The molecule has 0 bridgehead atoms. The first-order valence-electron chi connectivity index (χ1n) is 9.94. The van der Waals surface area contributed by atoms with Gasteiger partial charge in [-0.25, -0.2) is 0 Å². The SMILES string of the molecule is COc1ccc(C)cc1NC(=O)C(OC(=O)CCOc1ccccc1)c1ccccc1. The second-order valence-electron chi connectivity index (χ2n) is 6.89. The normalized spacial score (nSPS) is 11.3. The summed E-state index contributed by atoms with van der Waals surface area (Å²) in [5.74, 6) is 0.191. The van der Waals surface area contributed by atoms with E-state index in [2.05, 4.69) is 5.32 Å². The summed E-state index contributed by atoms with van der Waals surface area (Å²) in [6.07, 6.45) is -1.09. The lowest BCUT2D eigenvalue weighted by molar-refractivity contribution is -0.155. The second-order valence-corrected chi connectivity index (χ2v) is 6.89. The molecule has 0 aliphatic rings. The molecule has 0 saturated heterocycles. The topological polar surface area (TPSA) is 73.9 Å². The van der Waals surface area contributed by atoms with Crippen molar-refractivity contribution in [2.75, 3.05) is 19.0 Å². The number of ether oxygens (including phenoxy) is 3. The van der Waals surface area contributed by atoms with E-state index in [4.69, 9.17) is 14.2 Å². The molecule has 31 heavy (non-hydrogen) atoms. The van der Waals surface area contributed by atoms with Crippen molar-refractivity contribution in [1.29, 1.82) is 0 Å². The lowest BCUT2D eigenvalue weighted by Crippen LogP contribution is -2.26. The van der Waals surface area contributed by atoms with Gasteiger partial charge in [0.15, 0.2) is 0 Å². The summed E-state index contributed by atoms with van der Waals surface area (Å²) >= 11 is 0. The zero-order chi connectivity index (χ0) is 22.1. The number of nitrogens with one attached hydrogen (secondary N) is 1. The van der Waals surface area contributed by atoms with Crippen LogP contribution in [0.5, 0.6) is 11.5 Å². The quantitative estimate of drug-likeness (QED) is 0.509. The van der Waals surface area contributed by atoms with Gasteiger partial charge in [0.25, 0.3) is 5.91 Å². The third-order valence-corrected chi connectivity index (χ3v) is 4.52. The third-order valence-electron chi connectivity index (χ3n) is 4.52. The summed E-state index contributed by atoms with van der Waals surface area (Å²) in [5, 5.41) is 2.82. The number of amides is 1. The first-order valence-corrected chi connectivity index (χ1v) is 9.94. The molecule has 0 radical (unpaired) electrons. The molecule has 3 rings (SSSR count). The minimum Gasteiger partial charge on any atom is -0.495 e. The predicted molar refractivity (Wildman–Crippen MR) is 118 cm³/mol. The zero-order valence-electron chi connectivity index (χ0n) is 17.5. The molecule has 1 atom stereocenters. The maximum atomic E-state index is 13.0. The molecule has 6 nitrogen and oxygen atoms in total. The van der Waals surface area contributed by atoms with Crippen LogP contribution in [-0.2, 0) is 14.3 Å². The number of carbonyl (C=O) groups excluding carboxylic acids is 2. The average Bonchev–Trinajstić information content (AvgIpc) is 2.79. The van der Waals surface area contributed by atoms with Gasteiger partial charge in [-0.2, -0.15) is 0 Å². The molecule has 3 aromatic carbocycles. The van der Waals surface area contributed by atoms with Gasteiger partial charge in [0, 0.05) is 5.56 Å². The number of esters is 1. The molecule has 160 valence electrons. The van der Waals surface area contributed by atoms with Crippen molar-refractivity contribution in [2.45, 2.75) is 19.4 Å². The highest BCUT2D eigenvalue weighted by molar-refractivity contribution is 5.97. The van der Waals surface area contributed by atoms with Gasteiger partial charge in [-0.3, -0.25) is 9.59 Å². The maximum Gasteiger partial charge on any atom is 0.310 e. The highest BCUT2D eigenvalue weighted by atomic mass is 16.6. The van der Waals surface area contributed by atoms with E-state index in [0.29, 0.717) is 22.7 Å². The molecular formula is C25H25NO5. The Labute approximate surface area is 181 Å². The predicted octanol–water partition coefficient (Wildman–Crippen LogP) is 4.70. The van der Waals surface area contributed by atoms with Gasteiger partial charge < -0.3 is 19.5 Å². The van der Waals surface area contributed by atoms with E-state index in [-0.39, 0.29) is 13.0 Å². The third kappa shape index (κ3) is 6.34. The van der Waals surface area contributed by atoms with E-state index in [1.807, 2.05) is 37.3 Å². The van der Waals surface area contributed by atoms with Crippen LogP contribution in [0.4, 0.5) is 5.69 Å². The highest BCUT2D eigenvalue weighted by Crippen LogP contribution is 2.28. The van der Waals surface area contributed by atoms with Crippen molar-refractivity contribution in [1.82, 2.24) is 0 Å². The van der Waals surface area contributed by atoms with Gasteiger partial charge in [-0.05, 0) is 36.8 Å². The van der Waals surface area contributed by atoms with E-state index < -0.39 is 18.0 Å². The molecule has 1 amide bonds. The number of aryl methyl sites for hydroxylation is 1. The Balaban J connectivity index is 1.69. The van der Waals surface area contributed by atoms with Crippen molar-refractivity contribution in [3.63, 3.8) is 0 Å². The maximum absolute atomic E-state index is 13.0. The summed E-state index contributed by atoms with van der Waals surface area (Å²) in [7, 11) is 1.53. The Morgan fingerprint density at radius 3 is 2.29 bits per heavy atom. The Bertz CT molecular complexity index is 1000. The molecule has 0 aliphatic carbocycles. The van der Waals surface area contributed by atoms with Crippen molar-refractivity contribution in [3.05, 3.63) is 90.0 Å². The molecule has 0 heterocycles. The lowest BCUT2D eigenvalue weighted by atomic mass is 10.1. The van der Waals surface area contributed by atoms with Crippen LogP contribution in [0.2, 0.25) is 0 Å². The van der Waals surface area contributed by atoms with E-state index in [9.17, 15) is 9.59 Å². The fourth-order valence-electron chi connectivity index (χ4n) is 2.98. The molecule has 0 aromatic heterocycles. The Morgan fingerprint density at radius 2 is 1.61 bits per heavy atom. The summed E-state index contributed by atoms with van der Waals surface area (Å²) in [5.41, 5.74) is 2.04. The standard InChI is InChI=1S/C25H25NO5/c1-18-13-14-22(29-2)21(17-18)26-25(28)24(19-9-5-3-6-10-19)31-23(27)15-16-30-20-11-7-4-8-12-20/h3-14,17,24H,15-16H2,1-2H3,(H,26,28). The van der Waals surface area contributed by atoms with Crippen LogP contribution in [0.1, 0.15) is 23.7 Å². The molecule has 0 fully saturated rings. The van der Waals surface area contributed by atoms with Crippen molar-refractivity contribution in [3.8, 4) is 11.5 Å². The van der Waals surface area contributed by atoms with Crippen LogP contribution in [-0.4, -0.2) is 25.6 Å². The Hall–Kier alpha value is -3.80. The smallest absolute Gasteiger partial charge is 0.310 e.